The number of nitrogens with zero attached hydrogens (tertiary/aromatic N) is 1. The molecule has 1 fully saturated rings. The van der Waals surface area contributed by atoms with Gasteiger partial charge in [0, 0.05) is 0 Å². The lowest BCUT2D eigenvalue weighted by Gasteiger charge is -2.19. The molecule has 0 aliphatic carbocycles. The molecule has 146 valence electrons. The summed E-state index contributed by atoms with van der Waals surface area (Å²) in [5, 5.41) is 5.60. The Bertz CT molecular complexity index is 941. The number of hydrogen-bond donors (Lipinski definition) is 1. The first kappa shape index (κ1) is 19.9. The second-order valence-corrected chi connectivity index (χ2v) is 7.39. The first-order chi connectivity index (χ1) is 13.5. The zero-order valence-corrected chi connectivity index (χ0v) is 16.6. The lowest BCUT2D eigenvalue weighted by atomic mass is 10.0. The molecule has 7 heteroatoms. The minimum atomic E-state index is -0.519. The summed E-state index contributed by atoms with van der Waals surface area (Å²) < 4.78 is 4.88. The van der Waals surface area contributed by atoms with Crippen LogP contribution in [0.2, 0.25) is 0 Å². The lowest BCUT2D eigenvalue weighted by molar-refractivity contribution is -0.137. The van der Waals surface area contributed by atoms with Gasteiger partial charge in [-0.3, -0.25) is 14.5 Å². The summed E-state index contributed by atoms with van der Waals surface area (Å²) in [6.07, 6.45) is 1.26. The van der Waals surface area contributed by atoms with E-state index in [0.717, 1.165) is 16.3 Å². The van der Waals surface area contributed by atoms with Gasteiger partial charge >= 0.3 is 5.97 Å². The Hall–Kier alpha value is -2.80. The lowest BCUT2D eigenvalue weighted by Crippen LogP contribution is -2.38. The molecule has 0 spiro atoms. The van der Waals surface area contributed by atoms with Crippen LogP contribution >= 0.6 is 11.8 Å². The summed E-state index contributed by atoms with van der Waals surface area (Å²) in [4.78, 5) is 37.6. The number of rotatable bonds is 6. The summed E-state index contributed by atoms with van der Waals surface area (Å²) in [5.41, 5.74) is 0.983. The van der Waals surface area contributed by atoms with Gasteiger partial charge in [-0.2, -0.15) is 0 Å². The highest BCUT2D eigenvalue weighted by Gasteiger charge is 2.29. The van der Waals surface area contributed by atoms with E-state index in [1.165, 1.54) is 22.7 Å². The van der Waals surface area contributed by atoms with Crippen LogP contribution in [0.25, 0.3) is 10.8 Å². The third-order valence-electron chi connectivity index (χ3n) is 4.39. The molecule has 0 bridgehead atoms. The fraction of sp³-hybridized carbons (Fsp3) is 0.286. The molecule has 1 atom stereocenters. The van der Waals surface area contributed by atoms with Crippen LogP contribution in [0.4, 0.5) is 0 Å². The molecular weight excluding hydrogens is 376 g/mol. The predicted molar refractivity (Wildman–Crippen MR) is 109 cm³/mol. The summed E-state index contributed by atoms with van der Waals surface area (Å²) in [6.45, 7) is 3.74. The molecule has 0 saturated carbocycles. The quantitative estimate of drug-likeness (QED) is 0.598. The van der Waals surface area contributed by atoms with Crippen LogP contribution < -0.4 is 5.32 Å². The third-order valence-corrected chi connectivity index (χ3v) is 5.42. The average Bonchev–Trinajstić information content (AvgIpc) is 3.01. The van der Waals surface area contributed by atoms with Crippen LogP contribution in [-0.2, 0) is 19.1 Å². The van der Waals surface area contributed by atoms with Gasteiger partial charge in [0.05, 0.1) is 29.5 Å². The molecule has 1 heterocycles. The fourth-order valence-electron chi connectivity index (χ4n) is 2.98. The van der Waals surface area contributed by atoms with E-state index in [4.69, 9.17) is 4.74 Å². The van der Waals surface area contributed by atoms with E-state index >= 15 is 0 Å². The Labute approximate surface area is 167 Å². The van der Waals surface area contributed by atoms with Crippen LogP contribution in [0.15, 0.2) is 53.6 Å². The van der Waals surface area contributed by atoms with Gasteiger partial charge in [0.25, 0.3) is 0 Å². The number of carbonyl (C=O) groups excluding carboxylic acids is 3. The van der Waals surface area contributed by atoms with Crippen molar-refractivity contribution in [2.24, 2.45) is 0 Å². The molecule has 1 aliphatic rings. The third kappa shape index (κ3) is 4.72. The van der Waals surface area contributed by atoms with Crippen LogP contribution in [0, 0.1) is 0 Å². The Balaban J connectivity index is 1.66. The number of esters is 1. The maximum absolute atomic E-state index is 12.5. The molecular formula is C21H22N2O4S. The van der Waals surface area contributed by atoms with Crippen molar-refractivity contribution in [1.29, 1.82) is 0 Å². The molecule has 1 N–H and O–H groups in total. The Morgan fingerprint density at radius 1 is 1.25 bits per heavy atom. The van der Waals surface area contributed by atoms with Crippen molar-refractivity contribution in [1.82, 2.24) is 10.2 Å². The first-order valence-corrected chi connectivity index (χ1v) is 10.1. The molecule has 2 aromatic rings. The van der Waals surface area contributed by atoms with Gasteiger partial charge in [-0.1, -0.05) is 48.2 Å². The van der Waals surface area contributed by atoms with Gasteiger partial charge in [0.2, 0.25) is 11.8 Å². The highest BCUT2D eigenvalue weighted by Crippen LogP contribution is 2.28. The van der Waals surface area contributed by atoms with Crippen molar-refractivity contribution in [3.05, 3.63) is 59.1 Å². The Kier molecular flexibility index (Phi) is 6.36. The van der Waals surface area contributed by atoms with E-state index in [1.807, 2.05) is 49.4 Å². The van der Waals surface area contributed by atoms with Crippen LogP contribution in [-0.4, -0.2) is 41.6 Å². The molecule has 2 amide bonds. The number of benzene rings is 2. The number of amides is 2. The van der Waals surface area contributed by atoms with E-state index in [1.54, 1.807) is 6.92 Å². The normalized spacial score (nSPS) is 16.4. The SMILES string of the molecule is CCOC(=O)/C=C1\SCC(=O)N1CC(=O)NC(C)c1ccc2ccccc2c1. The Morgan fingerprint density at radius 3 is 2.75 bits per heavy atom. The van der Waals surface area contributed by atoms with Crippen molar-refractivity contribution in [2.45, 2.75) is 19.9 Å². The number of nitrogens with one attached hydrogen (secondary N) is 1. The smallest absolute Gasteiger partial charge is 0.333 e. The maximum atomic E-state index is 12.5. The van der Waals surface area contributed by atoms with Crippen molar-refractivity contribution in [2.75, 3.05) is 18.9 Å². The highest BCUT2D eigenvalue weighted by molar-refractivity contribution is 8.04. The largest absolute Gasteiger partial charge is 0.463 e. The molecule has 1 unspecified atom stereocenters. The zero-order chi connectivity index (χ0) is 20.1. The number of carbonyl (C=O) groups is 3. The Morgan fingerprint density at radius 2 is 2.00 bits per heavy atom. The fourth-order valence-corrected chi connectivity index (χ4v) is 3.91. The molecule has 2 aromatic carbocycles. The minimum absolute atomic E-state index is 0.130. The van der Waals surface area contributed by atoms with Crippen LogP contribution in [0.5, 0.6) is 0 Å². The average molecular weight is 398 g/mol. The molecule has 1 aliphatic heterocycles. The summed E-state index contributed by atoms with van der Waals surface area (Å²) >= 11 is 1.23. The van der Waals surface area contributed by atoms with Gasteiger partial charge in [-0.05, 0) is 36.2 Å². The molecule has 1 saturated heterocycles. The molecule has 28 heavy (non-hydrogen) atoms. The standard InChI is InChI=1S/C21H22N2O4S/c1-3-27-21(26)11-20-23(19(25)13-28-20)12-18(24)22-14(2)16-9-8-15-6-4-5-7-17(15)10-16/h4-11,14H,3,12-13H2,1-2H3,(H,22,24)/b20-11-. The highest BCUT2D eigenvalue weighted by atomic mass is 32.2. The summed E-state index contributed by atoms with van der Waals surface area (Å²) in [6, 6.07) is 13.9. The van der Waals surface area contributed by atoms with Crippen molar-refractivity contribution >= 4 is 40.3 Å². The zero-order valence-electron chi connectivity index (χ0n) is 15.8. The van der Waals surface area contributed by atoms with Gasteiger partial charge in [-0.25, -0.2) is 4.79 Å². The van der Waals surface area contributed by atoms with Crippen molar-refractivity contribution in [3.8, 4) is 0 Å². The van der Waals surface area contributed by atoms with E-state index in [0.29, 0.717) is 5.03 Å². The molecule has 0 radical (unpaired) electrons. The maximum Gasteiger partial charge on any atom is 0.333 e. The number of fused-ring (bicyclic) bond motifs is 1. The first-order valence-electron chi connectivity index (χ1n) is 9.07. The predicted octanol–water partition coefficient (Wildman–Crippen LogP) is 3.00. The molecule has 3 rings (SSSR count). The topological polar surface area (TPSA) is 75.7 Å². The van der Waals surface area contributed by atoms with Crippen LogP contribution in [0.3, 0.4) is 0 Å². The summed E-state index contributed by atoms with van der Waals surface area (Å²) in [5.74, 6) is -0.798. The van der Waals surface area contributed by atoms with E-state index in [-0.39, 0.29) is 36.8 Å². The molecule has 6 nitrogen and oxygen atoms in total. The monoisotopic (exact) mass is 398 g/mol. The number of ether oxygens (including phenoxy) is 1. The van der Waals surface area contributed by atoms with E-state index < -0.39 is 5.97 Å². The van der Waals surface area contributed by atoms with Crippen molar-refractivity contribution < 1.29 is 19.1 Å². The second kappa shape index (κ2) is 8.93. The van der Waals surface area contributed by atoms with Gasteiger partial charge in [-0.15, -0.1) is 0 Å². The minimum Gasteiger partial charge on any atom is -0.463 e. The van der Waals surface area contributed by atoms with Crippen molar-refractivity contribution in [3.63, 3.8) is 0 Å². The number of thioether (sulfide) groups is 1. The van der Waals surface area contributed by atoms with Gasteiger partial charge in [0.15, 0.2) is 0 Å². The molecule has 0 aromatic heterocycles. The van der Waals surface area contributed by atoms with E-state index in [2.05, 4.69) is 5.32 Å². The number of hydrogen-bond acceptors (Lipinski definition) is 5. The van der Waals surface area contributed by atoms with Crippen LogP contribution in [0.1, 0.15) is 25.5 Å². The summed E-state index contributed by atoms with van der Waals surface area (Å²) in [7, 11) is 0. The van der Waals surface area contributed by atoms with E-state index in [9.17, 15) is 14.4 Å². The van der Waals surface area contributed by atoms with Gasteiger partial charge in [0.1, 0.15) is 6.54 Å². The van der Waals surface area contributed by atoms with Gasteiger partial charge < -0.3 is 10.1 Å². The second-order valence-electron chi connectivity index (χ2n) is 6.40.